The first-order chi connectivity index (χ1) is 23.2. The highest BCUT2D eigenvalue weighted by molar-refractivity contribution is 6.10. The molecule has 0 amide bonds. The van der Waals surface area contributed by atoms with Gasteiger partial charge in [-0.25, -0.2) is 15.0 Å². The van der Waals surface area contributed by atoms with Crippen LogP contribution in [0.1, 0.15) is 11.1 Å². The summed E-state index contributed by atoms with van der Waals surface area (Å²) < 4.78 is 2.15. The first-order valence-electron chi connectivity index (χ1n) is 15.0. The number of fused-ring (bicyclic) bond motifs is 3. The van der Waals surface area contributed by atoms with Crippen molar-refractivity contribution in [2.45, 2.75) is 0 Å². The van der Waals surface area contributed by atoms with Crippen LogP contribution in [0, 0.1) is 22.7 Å². The summed E-state index contributed by atoms with van der Waals surface area (Å²) in [5.41, 5.74) is 7.96. The average Bonchev–Trinajstić information content (AvgIpc) is 3.48. The van der Waals surface area contributed by atoms with Crippen molar-refractivity contribution in [3.05, 3.63) is 151 Å². The highest BCUT2D eigenvalue weighted by Crippen LogP contribution is 2.38. The summed E-state index contributed by atoms with van der Waals surface area (Å²) in [5.74, 6) is 1.62. The minimum Gasteiger partial charge on any atom is -0.308 e. The van der Waals surface area contributed by atoms with Crippen LogP contribution in [0.15, 0.2) is 140 Å². The van der Waals surface area contributed by atoms with Crippen LogP contribution in [0.4, 0.5) is 0 Å². The van der Waals surface area contributed by atoms with Crippen molar-refractivity contribution in [1.29, 1.82) is 10.5 Å². The van der Waals surface area contributed by atoms with Gasteiger partial charge in [0, 0.05) is 39.2 Å². The van der Waals surface area contributed by atoms with Crippen LogP contribution in [0.25, 0.3) is 72.9 Å². The van der Waals surface area contributed by atoms with Gasteiger partial charge in [-0.3, -0.25) is 4.98 Å². The average molecular weight is 602 g/mol. The van der Waals surface area contributed by atoms with E-state index in [4.69, 9.17) is 15.0 Å². The lowest BCUT2D eigenvalue weighted by molar-refractivity contribution is 1.06. The van der Waals surface area contributed by atoms with Crippen molar-refractivity contribution < 1.29 is 0 Å². The molecule has 0 bridgehead atoms. The Balaban J connectivity index is 1.47. The second-order valence-electron chi connectivity index (χ2n) is 11.0. The molecule has 3 heterocycles. The fourth-order valence-electron chi connectivity index (χ4n) is 5.95. The Labute approximate surface area is 270 Å². The number of aromatic nitrogens is 5. The van der Waals surface area contributed by atoms with Gasteiger partial charge >= 0.3 is 0 Å². The van der Waals surface area contributed by atoms with E-state index in [-0.39, 0.29) is 0 Å². The maximum Gasteiger partial charge on any atom is 0.166 e. The van der Waals surface area contributed by atoms with Crippen molar-refractivity contribution in [2.24, 2.45) is 0 Å². The van der Waals surface area contributed by atoms with Gasteiger partial charge in [-0.15, -0.1) is 0 Å². The third-order valence-electron chi connectivity index (χ3n) is 8.16. The maximum atomic E-state index is 9.73. The van der Waals surface area contributed by atoms with Crippen molar-refractivity contribution in [2.75, 3.05) is 0 Å². The van der Waals surface area contributed by atoms with E-state index in [9.17, 15) is 10.5 Å². The van der Waals surface area contributed by atoms with Crippen LogP contribution in [0.5, 0.6) is 0 Å². The maximum absolute atomic E-state index is 9.73. The van der Waals surface area contributed by atoms with Crippen LogP contribution >= 0.6 is 0 Å². The molecule has 8 rings (SSSR count). The molecule has 0 saturated heterocycles. The van der Waals surface area contributed by atoms with E-state index in [1.165, 1.54) is 0 Å². The molecule has 0 aliphatic heterocycles. The van der Waals surface area contributed by atoms with Gasteiger partial charge in [0.15, 0.2) is 17.5 Å². The Hall–Kier alpha value is -6.96. The molecular formula is C40H23N7. The molecule has 0 fully saturated rings. The van der Waals surface area contributed by atoms with E-state index in [0.29, 0.717) is 28.6 Å². The fraction of sp³-hybridized carbons (Fsp3) is 0. The Bertz CT molecular complexity index is 2400. The molecule has 0 atom stereocenters. The van der Waals surface area contributed by atoms with Crippen molar-refractivity contribution in [3.63, 3.8) is 0 Å². The zero-order valence-electron chi connectivity index (χ0n) is 24.9. The molecule has 47 heavy (non-hydrogen) atoms. The minimum absolute atomic E-state index is 0.503. The second-order valence-corrected chi connectivity index (χ2v) is 11.0. The highest BCUT2D eigenvalue weighted by Gasteiger charge is 2.21. The molecule has 0 unspecified atom stereocenters. The molecule has 0 aliphatic carbocycles. The van der Waals surface area contributed by atoms with Gasteiger partial charge in [0.25, 0.3) is 0 Å². The van der Waals surface area contributed by atoms with E-state index in [1.807, 2.05) is 121 Å². The van der Waals surface area contributed by atoms with Gasteiger partial charge in [-0.05, 0) is 60.7 Å². The molecule has 0 N–H and O–H groups in total. The van der Waals surface area contributed by atoms with E-state index in [2.05, 4.69) is 33.8 Å². The topological polar surface area (TPSA) is 104 Å². The number of nitrogens with zero attached hydrogens (tertiary/aromatic N) is 7. The zero-order chi connectivity index (χ0) is 31.7. The van der Waals surface area contributed by atoms with Crippen LogP contribution in [0.2, 0.25) is 0 Å². The smallest absolute Gasteiger partial charge is 0.166 e. The lowest BCUT2D eigenvalue weighted by Crippen LogP contribution is -2.04. The fourth-order valence-corrected chi connectivity index (χ4v) is 5.95. The SMILES string of the molecule is N#Cc1ccc2c(c1)c1cc(C#N)ccc1n2-c1ccc(-c2ccccn2)cc1-c1nc(-c2ccccc2)nc(-c2ccccc2)n1. The van der Waals surface area contributed by atoms with Gasteiger partial charge in [0.2, 0.25) is 0 Å². The van der Waals surface area contributed by atoms with Gasteiger partial charge in [-0.1, -0.05) is 72.8 Å². The quantitative estimate of drug-likeness (QED) is 0.195. The van der Waals surface area contributed by atoms with Crippen LogP contribution in [-0.4, -0.2) is 24.5 Å². The van der Waals surface area contributed by atoms with Crippen LogP contribution in [-0.2, 0) is 0 Å². The molecule has 0 spiro atoms. The van der Waals surface area contributed by atoms with Gasteiger partial charge in [-0.2, -0.15) is 10.5 Å². The van der Waals surface area contributed by atoms with Crippen LogP contribution in [0.3, 0.4) is 0 Å². The lowest BCUT2D eigenvalue weighted by atomic mass is 10.0. The van der Waals surface area contributed by atoms with Crippen molar-refractivity contribution >= 4 is 21.8 Å². The van der Waals surface area contributed by atoms with E-state index < -0.39 is 0 Å². The summed E-state index contributed by atoms with van der Waals surface area (Å²) in [5, 5.41) is 21.2. The Morgan fingerprint density at radius 2 is 1.04 bits per heavy atom. The molecule has 7 heteroatoms. The normalized spacial score (nSPS) is 10.9. The summed E-state index contributed by atoms with van der Waals surface area (Å²) in [7, 11) is 0. The Morgan fingerprint density at radius 1 is 0.489 bits per heavy atom. The number of nitriles is 2. The third kappa shape index (κ3) is 4.95. The molecule has 3 aromatic heterocycles. The first-order valence-corrected chi connectivity index (χ1v) is 15.0. The molecule has 218 valence electrons. The molecule has 0 saturated carbocycles. The molecule has 0 radical (unpaired) electrons. The van der Waals surface area contributed by atoms with E-state index in [1.54, 1.807) is 6.20 Å². The predicted octanol–water partition coefficient (Wildman–Crippen LogP) is 8.78. The molecule has 7 nitrogen and oxygen atoms in total. The predicted molar refractivity (Wildman–Crippen MR) is 183 cm³/mol. The summed E-state index contributed by atoms with van der Waals surface area (Å²) >= 11 is 0. The first kappa shape index (κ1) is 27.6. The number of pyridine rings is 1. The van der Waals surface area contributed by atoms with Crippen molar-refractivity contribution in [1.82, 2.24) is 24.5 Å². The number of hydrogen-bond donors (Lipinski definition) is 0. The van der Waals surface area contributed by atoms with Crippen molar-refractivity contribution in [3.8, 4) is 63.2 Å². The number of benzene rings is 5. The number of rotatable bonds is 5. The number of hydrogen-bond acceptors (Lipinski definition) is 6. The monoisotopic (exact) mass is 601 g/mol. The Morgan fingerprint density at radius 3 is 1.57 bits per heavy atom. The van der Waals surface area contributed by atoms with E-state index in [0.717, 1.165) is 55.4 Å². The summed E-state index contributed by atoms with van der Waals surface area (Å²) in [4.78, 5) is 19.7. The largest absolute Gasteiger partial charge is 0.308 e. The van der Waals surface area contributed by atoms with E-state index >= 15 is 0 Å². The highest BCUT2D eigenvalue weighted by atomic mass is 15.1. The van der Waals surface area contributed by atoms with Gasteiger partial charge in [0.05, 0.1) is 45.7 Å². The molecule has 5 aromatic carbocycles. The Kier molecular flexibility index (Phi) is 6.76. The minimum atomic E-state index is 0.503. The van der Waals surface area contributed by atoms with Crippen LogP contribution < -0.4 is 0 Å². The second kappa shape index (κ2) is 11.5. The summed E-state index contributed by atoms with van der Waals surface area (Å²) in [6.45, 7) is 0. The third-order valence-corrected chi connectivity index (χ3v) is 8.16. The van der Waals surface area contributed by atoms with Gasteiger partial charge < -0.3 is 4.57 Å². The lowest BCUT2D eigenvalue weighted by Gasteiger charge is -2.16. The summed E-state index contributed by atoms with van der Waals surface area (Å²) in [6, 6.07) is 47.6. The molecule has 8 aromatic rings. The summed E-state index contributed by atoms with van der Waals surface area (Å²) in [6.07, 6.45) is 1.78. The van der Waals surface area contributed by atoms with Gasteiger partial charge in [0.1, 0.15) is 0 Å². The molecular weight excluding hydrogens is 578 g/mol. The molecule has 0 aliphatic rings. The zero-order valence-corrected chi connectivity index (χ0v) is 24.9. The standard InChI is InChI=1S/C40H23N7/c41-24-26-14-17-35-31(21-26)32-22-27(25-42)15-18-36(32)47(35)37-19-16-30(34-13-7-8-20-43-34)23-33(37)40-45-38(28-9-3-1-4-10-28)44-39(46-40)29-11-5-2-6-12-29/h1-23H.